The van der Waals surface area contributed by atoms with Gasteiger partial charge >= 0.3 is 19.8 Å². The average Bonchev–Trinajstić information content (AvgIpc) is 3.11. The molecule has 0 aliphatic rings. The topological polar surface area (TPSA) is 140 Å². The third-order valence-electron chi connectivity index (χ3n) is 8.11. The molecule has 0 saturated heterocycles. The van der Waals surface area contributed by atoms with Crippen LogP contribution in [0.4, 0.5) is 0 Å². The van der Waals surface area contributed by atoms with Crippen molar-refractivity contribution in [2.75, 3.05) is 13.2 Å². The van der Waals surface area contributed by atoms with Crippen LogP contribution in [0.15, 0.2) is 72.9 Å². The number of carbonyl (C=O) groups is 2. The molecule has 0 bridgehead atoms. The van der Waals surface area contributed by atoms with Crippen LogP contribution in [-0.2, 0) is 28.2 Å². The number of rotatable bonds is 35. The fraction of sp³-hybridized carbons (Fsp3) is 0.667. The Hall–Kier alpha value is -2.55. The van der Waals surface area contributed by atoms with Crippen LogP contribution in [0.2, 0.25) is 0 Å². The lowest BCUT2D eigenvalue weighted by molar-refractivity contribution is -0.161. The van der Waals surface area contributed by atoms with Crippen molar-refractivity contribution in [2.24, 2.45) is 0 Å². The minimum atomic E-state index is -4.78. The first kappa shape index (κ1) is 49.5. The molecule has 0 spiro atoms. The highest BCUT2D eigenvalue weighted by Crippen LogP contribution is 2.36. The average molecular weight is 751 g/mol. The first-order valence-corrected chi connectivity index (χ1v) is 21.3. The minimum absolute atomic E-state index is 0.117. The van der Waals surface area contributed by atoms with Crippen LogP contribution in [0, 0.1) is 0 Å². The summed E-state index contributed by atoms with van der Waals surface area (Å²) in [5.41, 5.74) is 0. The molecule has 0 aliphatic heterocycles. The van der Waals surface area contributed by atoms with E-state index in [9.17, 15) is 19.3 Å². The van der Waals surface area contributed by atoms with Crippen molar-refractivity contribution < 1.29 is 43.0 Å². The number of hydrogen-bond donors (Lipinski definition) is 3. The molecule has 0 fully saturated rings. The molecule has 0 heterocycles. The molecule has 2 atom stereocenters. The molecule has 0 rings (SSSR count). The van der Waals surface area contributed by atoms with E-state index in [1.807, 2.05) is 19.1 Å². The highest BCUT2D eigenvalue weighted by Gasteiger charge is 2.22. The van der Waals surface area contributed by atoms with Gasteiger partial charge in [0.15, 0.2) is 6.10 Å². The lowest BCUT2D eigenvalue weighted by Crippen LogP contribution is -2.29. The molecular formula is C42H71O9P. The number of carbonyl (C=O) groups excluding carboxylic acids is 2. The molecule has 0 radical (unpaired) electrons. The summed E-state index contributed by atoms with van der Waals surface area (Å²) in [6.07, 6.45) is 44.2. The van der Waals surface area contributed by atoms with E-state index in [0.717, 1.165) is 83.5 Å². The molecule has 0 amide bonds. The van der Waals surface area contributed by atoms with E-state index in [0.29, 0.717) is 19.3 Å². The monoisotopic (exact) mass is 750 g/mol. The van der Waals surface area contributed by atoms with E-state index in [1.54, 1.807) is 0 Å². The molecule has 0 aromatic rings. The second-order valence-electron chi connectivity index (χ2n) is 13.0. The predicted molar refractivity (Wildman–Crippen MR) is 213 cm³/mol. The second kappa shape index (κ2) is 36.8. The van der Waals surface area contributed by atoms with Crippen LogP contribution < -0.4 is 0 Å². The standard InChI is InChI=1S/C42H71O9P/c1-3-5-6-7-8-9-10-11-12-13-17-20-23-26-29-32-35-41(44)49-37-40(38-50-52(46,47)48)51-42(45)36-33-30-27-24-21-18-15-14-16-19-22-25-28-31-34-39(43)4-2/h8-9,11-12,15-16,18-19,24-25,27-28,39-40,43H,3-7,10,13-14,17,20-23,26,29-38H2,1-2H3,(H2,46,47,48)/b9-8-,12-11-,18-15-,19-16-,27-24-,28-25-/t39-,40-/m1/s1. The van der Waals surface area contributed by atoms with Crippen molar-refractivity contribution in [3.05, 3.63) is 72.9 Å². The molecular weight excluding hydrogens is 679 g/mol. The van der Waals surface area contributed by atoms with Crippen molar-refractivity contribution in [3.8, 4) is 0 Å². The Bertz CT molecular complexity index is 1090. The zero-order valence-electron chi connectivity index (χ0n) is 32.3. The van der Waals surface area contributed by atoms with Crippen molar-refractivity contribution in [1.29, 1.82) is 0 Å². The lowest BCUT2D eigenvalue weighted by Gasteiger charge is -2.18. The van der Waals surface area contributed by atoms with Gasteiger partial charge in [-0.05, 0) is 89.9 Å². The first-order chi connectivity index (χ1) is 25.2. The van der Waals surface area contributed by atoms with E-state index in [4.69, 9.17) is 19.3 Å². The van der Waals surface area contributed by atoms with E-state index in [1.165, 1.54) is 25.7 Å². The number of ether oxygens (including phenoxy) is 2. The summed E-state index contributed by atoms with van der Waals surface area (Å²) >= 11 is 0. The minimum Gasteiger partial charge on any atom is -0.462 e. The zero-order valence-corrected chi connectivity index (χ0v) is 33.2. The van der Waals surface area contributed by atoms with Gasteiger partial charge in [0.2, 0.25) is 0 Å². The number of aliphatic hydroxyl groups is 1. The first-order valence-electron chi connectivity index (χ1n) is 19.8. The summed E-state index contributed by atoms with van der Waals surface area (Å²) in [7, 11) is -4.78. The van der Waals surface area contributed by atoms with Gasteiger partial charge in [-0.2, -0.15) is 0 Å². The predicted octanol–water partition coefficient (Wildman–Crippen LogP) is 10.9. The molecule has 52 heavy (non-hydrogen) atoms. The fourth-order valence-corrected chi connectivity index (χ4v) is 5.32. The third kappa shape index (κ3) is 38.7. The molecule has 3 N–H and O–H groups in total. The van der Waals surface area contributed by atoms with Crippen LogP contribution in [0.5, 0.6) is 0 Å². The summed E-state index contributed by atoms with van der Waals surface area (Å²) in [6, 6.07) is 0. The largest absolute Gasteiger partial charge is 0.469 e. The van der Waals surface area contributed by atoms with Gasteiger partial charge in [-0.25, -0.2) is 4.57 Å². The number of allylic oxidation sites excluding steroid dienone is 12. The van der Waals surface area contributed by atoms with Gasteiger partial charge in [-0.15, -0.1) is 0 Å². The maximum absolute atomic E-state index is 12.4. The van der Waals surface area contributed by atoms with E-state index >= 15 is 0 Å². The number of hydrogen-bond acceptors (Lipinski definition) is 7. The molecule has 9 nitrogen and oxygen atoms in total. The van der Waals surface area contributed by atoms with Crippen LogP contribution in [-0.4, -0.2) is 52.3 Å². The van der Waals surface area contributed by atoms with E-state index < -0.39 is 32.5 Å². The number of esters is 2. The molecule has 0 aromatic carbocycles. The van der Waals surface area contributed by atoms with Crippen LogP contribution >= 0.6 is 7.82 Å². The van der Waals surface area contributed by atoms with Crippen molar-refractivity contribution in [3.63, 3.8) is 0 Å². The van der Waals surface area contributed by atoms with Gasteiger partial charge in [0.05, 0.1) is 12.7 Å². The van der Waals surface area contributed by atoms with Gasteiger partial charge in [0, 0.05) is 12.8 Å². The van der Waals surface area contributed by atoms with Gasteiger partial charge < -0.3 is 24.4 Å². The van der Waals surface area contributed by atoms with Gasteiger partial charge in [0.1, 0.15) is 6.61 Å². The molecule has 0 aromatic heterocycles. The lowest BCUT2D eigenvalue weighted by atomic mass is 10.1. The number of phosphoric ester groups is 1. The highest BCUT2D eigenvalue weighted by atomic mass is 31.2. The maximum atomic E-state index is 12.4. The smallest absolute Gasteiger partial charge is 0.462 e. The normalized spacial score (nSPS) is 13.9. The van der Waals surface area contributed by atoms with E-state index in [2.05, 4.69) is 72.2 Å². The molecule has 0 unspecified atom stereocenters. The van der Waals surface area contributed by atoms with Gasteiger partial charge in [-0.1, -0.05) is 125 Å². The Morgan fingerprint density at radius 1 is 0.577 bits per heavy atom. The number of phosphoric acid groups is 1. The van der Waals surface area contributed by atoms with Gasteiger partial charge in [0.25, 0.3) is 0 Å². The SMILES string of the molecule is CCCCC/C=C\C/C=C\CCCCCCCCC(=O)OC[C@H](COP(=O)(O)O)OC(=O)CCC/C=C\C/C=C\C/C=C\C/C=C\CC[C@H](O)CC. The Morgan fingerprint density at radius 2 is 1.04 bits per heavy atom. The third-order valence-corrected chi connectivity index (χ3v) is 8.60. The van der Waals surface area contributed by atoms with E-state index in [-0.39, 0.29) is 25.6 Å². The Morgan fingerprint density at radius 3 is 1.58 bits per heavy atom. The molecule has 0 saturated carbocycles. The van der Waals surface area contributed by atoms with Crippen LogP contribution in [0.1, 0.15) is 155 Å². The Labute approximate surface area is 315 Å². The quantitative estimate of drug-likeness (QED) is 0.0250. The maximum Gasteiger partial charge on any atom is 0.469 e. The van der Waals surface area contributed by atoms with Gasteiger partial charge in [-0.3, -0.25) is 14.1 Å². The number of aliphatic hydroxyl groups excluding tert-OH is 1. The molecule has 0 aliphatic carbocycles. The van der Waals surface area contributed by atoms with Crippen molar-refractivity contribution in [1.82, 2.24) is 0 Å². The van der Waals surface area contributed by atoms with Crippen molar-refractivity contribution >= 4 is 19.8 Å². The molecule has 298 valence electrons. The summed E-state index contributed by atoms with van der Waals surface area (Å²) in [6.45, 7) is 3.31. The highest BCUT2D eigenvalue weighted by molar-refractivity contribution is 7.46. The number of unbranched alkanes of at least 4 members (excludes halogenated alkanes) is 10. The summed E-state index contributed by atoms with van der Waals surface area (Å²) < 4.78 is 26.3. The Kier molecular flexibility index (Phi) is 35.0. The van der Waals surface area contributed by atoms with Crippen LogP contribution in [0.3, 0.4) is 0 Å². The van der Waals surface area contributed by atoms with Crippen molar-refractivity contribution in [2.45, 2.75) is 167 Å². The fourth-order valence-electron chi connectivity index (χ4n) is 4.96. The summed E-state index contributed by atoms with van der Waals surface area (Å²) in [5, 5.41) is 9.53. The summed E-state index contributed by atoms with van der Waals surface area (Å²) in [4.78, 5) is 42.7. The zero-order chi connectivity index (χ0) is 38.4. The Balaban J connectivity index is 4.10. The molecule has 10 heteroatoms. The second-order valence-corrected chi connectivity index (χ2v) is 14.3. The van der Waals surface area contributed by atoms with Crippen LogP contribution in [0.25, 0.3) is 0 Å². The summed E-state index contributed by atoms with van der Waals surface area (Å²) in [5.74, 6) is -0.988.